The zero-order valence-corrected chi connectivity index (χ0v) is 14.3. The molecule has 0 saturated carbocycles. The number of aromatic nitrogens is 2. The molecular weight excluding hydrogens is 322 g/mol. The van der Waals surface area contributed by atoms with Crippen molar-refractivity contribution < 1.29 is 9.53 Å². The minimum Gasteiger partial charge on any atom is -0.481 e. The number of thiazole rings is 1. The Hall–Kier alpha value is -2.73. The maximum Gasteiger partial charge on any atom is 0.275 e. The second-order valence-electron chi connectivity index (χ2n) is 5.21. The van der Waals surface area contributed by atoms with Gasteiger partial charge >= 0.3 is 0 Å². The first-order chi connectivity index (χ1) is 11.7. The van der Waals surface area contributed by atoms with Crippen LogP contribution in [0, 0.1) is 6.92 Å². The number of nitrogens with zero attached hydrogens (tertiary/aromatic N) is 2. The van der Waals surface area contributed by atoms with Gasteiger partial charge in [-0.3, -0.25) is 4.79 Å². The summed E-state index contributed by atoms with van der Waals surface area (Å²) >= 11 is 1.55. The number of anilines is 1. The summed E-state index contributed by atoms with van der Waals surface area (Å²) in [4.78, 5) is 22.0. The fourth-order valence-electron chi connectivity index (χ4n) is 2.31. The van der Waals surface area contributed by atoms with Crippen LogP contribution in [0.4, 0.5) is 5.69 Å². The van der Waals surface area contributed by atoms with Crippen molar-refractivity contribution in [2.24, 2.45) is 0 Å². The zero-order valence-electron chi connectivity index (χ0n) is 13.4. The lowest BCUT2D eigenvalue weighted by Gasteiger charge is -2.06. The van der Waals surface area contributed by atoms with Crippen LogP contribution in [-0.4, -0.2) is 23.0 Å². The molecule has 0 bridgehead atoms. The molecule has 0 spiro atoms. The first-order valence-electron chi connectivity index (χ1n) is 7.47. The minimum absolute atomic E-state index is 0.225. The van der Waals surface area contributed by atoms with Gasteiger partial charge in [0.2, 0.25) is 5.88 Å². The van der Waals surface area contributed by atoms with Crippen LogP contribution in [0.5, 0.6) is 5.88 Å². The molecule has 1 N–H and O–H groups in total. The number of nitrogens with one attached hydrogen (secondary N) is 1. The first-order valence-corrected chi connectivity index (χ1v) is 8.29. The summed E-state index contributed by atoms with van der Waals surface area (Å²) < 4.78 is 5.01. The largest absolute Gasteiger partial charge is 0.481 e. The summed E-state index contributed by atoms with van der Waals surface area (Å²) in [6.45, 7) is 1.91. The number of benzene rings is 1. The fourth-order valence-corrected chi connectivity index (χ4v) is 3.28. The molecule has 5 nitrogen and oxygen atoms in total. The van der Waals surface area contributed by atoms with Gasteiger partial charge in [-0.2, -0.15) is 0 Å². The topological polar surface area (TPSA) is 64.1 Å². The maximum absolute atomic E-state index is 12.6. The van der Waals surface area contributed by atoms with E-state index < -0.39 is 0 Å². The molecule has 0 radical (unpaired) electrons. The van der Waals surface area contributed by atoms with E-state index in [1.165, 1.54) is 0 Å². The lowest BCUT2D eigenvalue weighted by Crippen LogP contribution is -2.14. The number of methoxy groups -OCH3 is 1. The molecule has 0 atom stereocenters. The van der Waals surface area contributed by atoms with Crippen LogP contribution in [0.1, 0.15) is 25.9 Å². The summed E-state index contributed by atoms with van der Waals surface area (Å²) in [6, 6.07) is 13.5. The first kappa shape index (κ1) is 16.1. The van der Waals surface area contributed by atoms with Gasteiger partial charge in [0.15, 0.2) is 0 Å². The van der Waals surface area contributed by atoms with Gasteiger partial charge in [0.25, 0.3) is 5.91 Å². The van der Waals surface area contributed by atoms with E-state index in [1.807, 2.05) is 37.3 Å². The average molecular weight is 339 g/mol. The molecular formula is C18H17N3O2S. The molecule has 24 heavy (non-hydrogen) atoms. The number of ether oxygens (including phenoxy) is 1. The molecule has 0 aliphatic rings. The van der Waals surface area contributed by atoms with Crippen LogP contribution in [-0.2, 0) is 6.42 Å². The van der Waals surface area contributed by atoms with E-state index in [2.05, 4.69) is 15.3 Å². The van der Waals surface area contributed by atoms with Crippen molar-refractivity contribution in [1.82, 2.24) is 9.97 Å². The third-order valence-corrected chi connectivity index (χ3v) is 4.40. The van der Waals surface area contributed by atoms with Crippen LogP contribution in [0.15, 0.2) is 48.7 Å². The van der Waals surface area contributed by atoms with Crippen molar-refractivity contribution in [2.75, 3.05) is 12.4 Å². The Kier molecular flexibility index (Phi) is 4.86. The summed E-state index contributed by atoms with van der Waals surface area (Å²) in [5.74, 6) is 0.277. The minimum atomic E-state index is -0.225. The quantitative estimate of drug-likeness (QED) is 0.770. The van der Waals surface area contributed by atoms with Crippen LogP contribution in [0.2, 0.25) is 0 Å². The molecule has 3 rings (SSSR count). The highest BCUT2D eigenvalue weighted by atomic mass is 32.1. The molecule has 0 aliphatic carbocycles. The van der Waals surface area contributed by atoms with Crippen molar-refractivity contribution in [2.45, 2.75) is 13.3 Å². The number of aryl methyl sites for hydroxylation is 1. The summed E-state index contributed by atoms with van der Waals surface area (Å²) in [7, 11) is 1.55. The fraction of sp³-hybridized carbons (Fsp3) is 0.167. The van der Waals surface area contributed by atoms with E-state index in [9.17, 15) is 4.79 Å². The predicted octanol–water partition coefficient (Wildman–Crippen LogP) is 3.70. The Labute approximate surface area is 144 Å². The number of amides is 1. The molecule has 0 aliphatic heterocycles. The highest BCUT2D eigenvalue weighted by Gasteiger charge is 2.17. The van der Waals surface area contributed by atoms with E-state index in [0.717, 1.165) is 15.4 Å². The third-order valence-electron chi connectivity index (χ3n) is 3.43. The van der Waals surface area contributed by atoms with E-state index >= 15 is 0 Å². The summed E-state index contributed by atoms with van der Waals surface area (Å²) in [5.41, 5.74) is 2.23. The van der Waals surface area contributed by atoms with Gasteiger partial charge in [-0.15, -0.1) is 11.3 Å². The van der Waals surface area contributed by atoms with Gasteiger partial charge in [-0.05, 0) is 18.6 Å². The monoisotopic (exact) mass is 339 g/mol. The van der Waals surface area contributed by atoms with Gasteiger partial charge < -0.3 is 10.1 Å². The molecule has 6 heteroatoms. The molecule has 1 aromatic carbocycles. The van der Waals surface area contributed by atoms with Gasteiger partial charge in [-0.1, -0.05) is 30.3 Å². The molecule has 0 fully saturated rings. The van der Waals surface area contributed by atoms with Crippen molar-refractivity contribution in [3.63, 3.8) is 0 Å². The highest BCUT2D eigenvalue weighted by Crippen LogP contribution is 2.23. The number of carbonyl (C=O) groups is 1. The number of pyridine rings is 1. The lowest BCUT2D eigenvalue weighted by atomic mass is 10.1. The molecule has 1 amide bonds. The summed E-state index contributed by atoms with van der Waals surface area (Å²) in [5, 5.41) is 3.71. The average Bonchev–Trinajstić information content (AvgIpc) is 2.97. The van der Waals surface area contributed by atoms with Crippen molar-refractivity contribution in [1.29, 1.82) is 0 Å². The lowest BCUT2D eigenvalue weighted by molar-refractivity contribution is 0.102. The van der Waals surface area contributed by atoms with Crippen molar-refractivity contribution in [3.05, 3.63) is 69.8 Å². The molecule has 0 saturated heterocycles. The Bertz CT molecular complexity index is 829. The number of carbonyl (C=O) groups excluding carboxylic acids is 1. The van der Waals surface area contributed by atoms with E-state index in [0.29, 0.717) is 23.7 Å². The van der Waals surface area contributed by atoms with Crippen LogP contribution in [0.25, 0.3) is 0 Å². The predicted molar refractivity (Wildman–Crippen MR) is 94.8 cm³/mol. The van der Waals surface area contributed by atoms with Gasteiger partial charge in [-0.25, -0.2) is 9.97 Å². The SMILES string of the molecule is COc1ccc(NC(=O)c2nc(C)sc2Cc2ccccc2)cn1. The molecule has 2 aromatic heterocycles. The normalized spacial score (nSPS) is 10.4. The molecule has 2 heterocycles. The van der Waals surface area contributed by atoms with Crippen LogP contribution >= 0.6 is 11.3 Å². The Morgan fingerprint density at radius 1 is 1.21 bits per heavy atom. The highest BCUT2D eigenvalue weighted by molar-refractivity contribution is 7.11. The Morgan fingerprint density at radius 2 is 2.00 bits per heavy atom. The second-order valence-corrected chi connectivity index (χ2v) is 6.50. The van der Waals surface area contributed by atoms with Crippen LogP contribution in [0.3, 0.4) is 0 Å². The Morgan fingerprint density at radius 3 is 2.67 bits per heavy atom. The second kappa shape index (κ2) is 7.23. The van der Waals surface area contributed by atoms with E-state index in [4.69, 9.17) is 4.74 Å². The smallest absolute Gasteiger partial charge is 0.275 e. The molecule has 122 valence electrons. The van der Waals surface area contributed by atoms with Gasteiger partial charge in [0, 0.05) is 17.4 Å². The number of hydrogen-bond donors (Lipinski definition) is 1. The number of hydrogen-bond acceptors (Lipinski definition) is 5. The zero-order chi connectivity index (χ0) is 16.9. The van der Waals surface area contributed by atoms with E-state index in [1.54, 1.807) is 36.8 Å². The van der Waals surface area contributed by atoms with Crippen molar-refractivity contribution >= 4 is 22.9 Å². The third kappa shape index (κ3) is 3.78. The number of rotatable bonds is 5. The van der Waals surface area contributed by atoms with Crippen LogP contribution < -0.4 is 10.1 Å². The maximum atomic E-state index is 12.6. The van der Waals surface area contributed by atoms with Gasteiger partial charge in [0.1, 0.15) is 5.69 Å². The Balaban J connectivity index is 1.79. The summed E-state index contributed by atoms with van der Waals surface area (Å²) in [6.07, 6.45) is 2.25. The molecule has 0 unspecified atom stereocenters. The van der Waals surface area contributed by atoms with Gasteiger partial charge in [0.05, 0.1) is 24.0 Å². The van der Waals surface area contributed by atoms with E-state index in [-0.39, 0.29) is 5.91 Å². The standard InChI is InChI=1S/C18H17N3O2S/c1-12-20-17(15(24-12)10-13-6-4-3-5-7-13)18(22)21-14-8-9-16(23-2)19-11-14/h3-9,11H,10H2,1-2H3,(H,21,22). The molecule has 3 aromatic rings. The van der Waals surface area contributed by atoms with Crippen molar-refractivity contribution in [3.8, 4) is 5.88 Å².